The molecule has 1 heterocycles. The summed E-state index contributed by atoms with van der Waals surface area (Å²) >= 11 is 0. The lowest BCUT2D eigenvalue weighted by atomic mass is 10.1. The minimum absolute atomic E-state index is 0. The number of H-pyrrole nitrogens is 1. The average molecular weight is 365 g/mol. The van der Waals surface area contributed by atoms with Gasteiger partial charge in [-0.15, -0.1) is 24.8 Å². The van der Waals surface area contributed by atoms with E-state index >= 15 is 0 Å². The number of nitrogen functional groups attached to an aromatic ring is 3. The van der Waals surface area contributed by atoms with Crippen LogP contribution in [0.15, 0.2) is 42.5 Å². The molecule has 0 saturated heterocycles. The summed E-state index contributed by atoms with van der Waals surface area (Å²) in [5, 5.41) is 15.8. The van der Waals surface area contributed by atoms with Crippen molar-refractivity contribution in [1.29, 1.82) is 10.8 Å². The maximum atomic E-state index is 7.50. The van der Waals surface area contributed by atoms with E-state index in [0.717, 1.165) is 22.2 Å². The zero-order valence-electron chi connectivity index (χ0n) is 12.6. The van der Waals surface area contributed by atoms with Gasteiger partial charge in [-0.2, -0.15) is 0 Å². The van der Waals surface area contributed by atoms with E-state index in [4.69, 9.17) is 28.0 Å². The molecule has 8 heteroatoms. The lowest BCUT2D eigenvalue weighted by molar-refractivity contribution is 1.41. The number of nitrogens with two attached hydrogens (primary N) is 3. The number of benzene rings is 2. The fourth-order valence-corrected chi connectivity index (χ4v) is 2.43. The van der Waals surface area contributed by atoms with E-state index in [9.17, 15) is 0 Å². The number of fused-ring (bicyclic) bond motifs is 1. The molecule has 1 aromatic heterocycles. The molecule has 0 fully saturated rings. The third-order valence-electron chi connectivity index (χ3n) is 3.63. The molecule has 0 spiro atoms. The molecule has 0 unspecified atom stereocenters. The molecule has 0 aliphatic carbocycles. The number of aromatic nitrogens is 1. The smallest absolute Gasteiger partial charge is 0.122 e. The van der Waals surface area contributed by atoms with Gasteiger partial charge in [-0.1, -0.05) is 36.4 Å². The number of amidine groups is 2. The normalized spacial score (nSPS) is 9.83. The summed E-state index contributed by atoms with van der Waals surface area (Å²) in [6.07, 6.45) is 0. The zero-order chi connectivity index (χ0) is 15.9. The van der Waals surface area contributed by atoms with Crippen molar-refractivity contribution >= 4 is 53.1 Å². The monoisotopic (exact) mass is 364 g/mol. The van der Waals surface area contributed by atoms with Gasteiger partial charge in [0.2, 0.25) is 0 Å². The van der Waals surface area contributed by atoms with Gasteiger partial charge < -0.3 is 22.2 Å². The van der Waals surface area contributed by atoms with Crippen LogP contribution < -0.4 is 17.2 Å². The van der Waals surface area contributed by atoms with Gasteiger partial charge in [-0.05, 0) is 6.07 Å². The van der Waals surface area contributed by atoms with Crippen LogP contribution in [0.3, 0.4) is 0 Å². The van der Waals surface area contributed by atoms with Crippen molar-refractivity contribution in [2.45, 2.75) is 0 Å². The van der Waals surface area contributed by atoms with Gasteiger partial charge in [-0.25, -0.2) is 0 Å². The van der Waals surface area contributed by atoms with Crippen LogP contribution >= 0.6 is 24.8 Å². The predicted octanol–water partition coefficient (Wildman–Crippen LogP) is 2.83. The number of halogens is 2. The van der Waals surface area contributed by atoms with Crippen molar-refractivity contribution in [2.24, 2.45) is 11.5 Å². The van der Waals surface area contributed by atoms with Gasteiger partial charge in [0.05, 0.1) is 11.4 Å². The molecule has 24 heavy (non-hydrogen) atoms. The molecule has 0 bridgehead atoms. The van der Waals surface area contributed by atoms with E-state index in [1.54, 1.807) is 18.2 Å². The molecule has 126 valence electrons. The van der Waals surface area contributed by atoms with Crippen molar-refractivity contribution in [3.63, 3.8) is 0 Å². The molecule has 0 aliphatic rings. The minimum Gasteiger partial charge on any atom is -0.396 e. The Labute approximate surface area is 151 Å². The minimum atomic E-state index is 0. The van der Waals surface area contributed by atoms with Crippen LogP contribution in [0.4, 0.5) is 5.69 Å². The SMILES string of the molecule is Cl.Cl.N=C(N)c1ccc(-c2[nH]c3cc(C(=N)N)ccc3c2N)cc1. The second-order valence-corrected chi connectivity index (χ2v) is 5.08. The highest BCUT2D eigenvalue weighted by atomic mass is 35.5. The highest BCUT2D eigenvalue weighted by Gasteiger charge is 2.11. The van der Waals surface area contributed by atoms with Crippen molar-refractivity contribution in [2.75, 3.05) is 5.73 Å². The van der Waals surface area contributed by atoms with Crippen molar-refractivity contribution in [3.05, 3.63) is 53.6 Å². The molecular weight excluding hydrogens is 347 g/mol. The second kappa shape index (κ2) is 7.25. The van der Waals surface area contributed by atoms with E-state index in [2.05, 4.69) is 4.98 Å². The van der Waals surface area contributed by atoms with Gasteiger partial charge in [0.1, 0.15) is 11.7 Å². The van der Waals surface area contributed by atoms with Crippen molar-refractivity contribution in [1.82, 2.24) is 4.98 Å². The Balaban J connectivity index is 0.00000144. The van der Waals surface area contributed by atoms with Crippen LogP contribution in [-0.4, -0.2) is 16.7 Å². The summed E-state index contributed by atoms with van der Waals surface area (Å²) < 4.78 is 0. The van der Waals surface area contributed by atoms with Gasteiger partial charge in [0, 0.05) is 27.6 Å². The first kappa shape index (κ1) is 19.3. The maximum absolute atomic E-state index is 7.50. The van der Waals surface area contributed by atoms with E-state index < -0.39 is 0 Å². The molecule has 9 N–H and O–H groups in total. The fourth-order valence-electron chi connectivity index (χ4n) is 2.43. The summed E-state index contributed by atoms with van der Waals surface area (Å²) in [7, 11) is 0. The third-order valence-corrected chi connectivity index (χ3v) is 3.63. The van der Waals surface area contributed by atoms with Crippen LogP contribution in [0.5, 0.6) is 0 Å². The Morgan fingerprint density at radius 3 is 1.92 bits per heavy atom. The van der Waals surface area contributed by atoms with E-state index in [1.165, 1.54) is 0 Å². The summed E-state index contributed by atoms with van der Waals surface area (Å²) in [4.78, 5) is 3.26. The quantitative estimate of drug-likeness (QED) is 0.314. The van der Waals surface area contributed by atoms with E-state index in [0.29, 0.717) is 16.8 Å². The number of anilines is 1. The maximum Gasteiger partial charge on any atom is 0.122 e. The Morgan fingerprint density at radius 1 is 0.833 bits per heavy atom. The summed E-state index contributed by atoms with van der Waals surface area (Å²) in [5.41, 5.74) is 21.7. The summed E-state index contributed by atoms with van der Waals surface area (Å²) in [5.74, 6) is 0.0460. The van der Waals surface area contributed by atoms with Gasteiger partial charge in [0.15, 0.2) is 0 Å². The van der Waals surface area contributed by atoms with E-state index in [-0.39, 0.29) is 36.5 Å². The largest absolute Gasteiger partial charge is 0.396 e. The number of rotatable bonds is 3. The molecule has 2 aromatic carbocycles. The van der Waals surface area contributed by atoms with Crippen molar-refractivity contribution < 1.29 is 0 Å². The topological polar surface area (TPSA) is 142 Å². The molecule has 6 nitrogen and oxygen atoms in total. The Morgan fingerprint density at radius 2 is 1.38 bits per heavy atom. The molecular formula is C16H18Cl2N6. The Hall–Kier alpha value is -2.70. The van der Waals surface area contributed by atoms with Gasteiger partial charge in [0.25, 0.3) is 0 Å². The standard InChI is InChI=1S/C16H16N6.2ClH/c17-13-11-6-5-10(16(20)21)7-12(11)22-14(13)8-1-3-9(4-2-8)15(18)19;;/h1-7,22H,17H2,(H3,18,19)(H3,20,21);2*1H. The second-order valence-electron chi connectivity index (χ2n) is 5.08. The zero-order valence-corrected chi connectivity index (χ0v) is 14.2. The predicted molar refractivity (Wildman–Crippen MR) is 105 cm³/mol. The van der Waals surface area contributed by atoms with E-state index in [1.807, 2.05) is 24.3 Å². The lowest BCUT2D eigenvalue weighted by Crippen LogP contribution is -2.10. The first-order valence-corrected chi connectivity index (χ1v) is 6.68. The van der Waals surface area contributed by atoms with Crippen molar-refractivity contribution in [3.8, 4) is 11.3 Å². The van der Waals surface area contributed by atoms with Crippen LogP contribution in [0.1, 0.15) is 11.1 Å². The highest BCUT2D eigenvalue weighted by Crippen LogP contribution is 2.33. The van der Waals surface area contributed by atoms with Gasteiger partial charge >= 0.3 is 0 Å². The van der Waals surface area contributed by atoms with Crippen LogP contribution in [-0.2, 0) is 0 Å². The number of hydrogen-bond donors (Lipinski definition) is 6. The average Bonchev–Trinajstić information content (AvgIpc) is 2.84. The number of aromatic amines is 1. The number of hydrogen-bond acceptors (Lipinski definition) is 3. The van der Waals surface area contributed by atoms with Crippen LogP contribution in [0.2, 0.25) is 0 Å². The van der Waals surface area contributed by atoms with Crippen LogP contribution in [0.25, 0.3) is 22.2 Å². The Bertz CT molecular complexity index is 899. The van der Waals surface area contributed by atoms with Crippen LogP contribution in [0, 0.1) is 10.8 Å². The first-order valence-electron chi connectivity index (χ1n) is 6.68. The fraction of sp³-hybridized carbons (Fsp3) is 0. The lowest BCUT2D eigenvalue weighted by Gasteiger charge is -2.02. The Kier molecular flexibility index (Phi) is 5.84. The number of nitrogens with one attached hydrogen (secondary N) is 3. The third kappa shape index (κ3) is 3.29. The summed E-state index contributed by atoms with van der Waals surface area (Å²) in [6.45, 7) is 0. The van der Waals surface area contributed by atoms with Gasteiger partial charge in [-0.3, -0.25) is 10.8 Å². The molecule has 0 radical (unpaired) electrons. The molecule has 0 saturated carbocycles. The molecule has 0 atom stereocenters. The summed E-state index contributed by atoms with van der Waals surface area (Å²) in [6, 6.07) is 12.7. The highest BCUT2D eigenvalue weighted by molar-refractivity contribution is 6.04. The molecule has 3 aromatic rings. The first-order chi connectivity index (χ1) is 10.5. The molecule has 3 rings (SSSR count). The molecule has 0 aliphatic heterocycles. The molecule has 0 amide bonds.